The van der Waals surface area contributed by atoms with Crippen molar-refractivity contribution in [2.45, 2.75) is 45.1 Å². The Hall–Kier alpha value is -3.86. The first-order valence-corrected chi connectivity index (χ1v) is 15.5. The van der Waals surface area contributed by atoms with Gasteiger partial charge in [0.1, 0.15) is 21.4 Å². The molecule has 4 aromatic rings. The Morgan fingerprint density at radius 1 is 1.15 bits per heavy atom. The molecule has 6 rings (SSSR count). The van der Waals surface area contributed by atoms with Crippen LogP contribution in [0.2, 0.25) is 0 Å². The van der Waals surface area contributed by atoms with Crippen molar-refractivity contribution in [2.24, 2.45) is 5.92 Å². The van der Waals surface area contributed by atoms with Crippen molar-refractivity contribution >= 4 is 32.2 Å². The predicted molar refractivity (Wildman–Crippen MR) is 153 cm³/mol. The monoisotopic (exact) mass is 560 g/mol. The van der Waals surface area contributed by atoms with Crippen LogP contribution in [0.25, 0.3) is 28.0 Å². The minimum Gasteiger partial charge on any atom is -0.496 e. The van der Waals surface area contributed by atoms with Gasteiger partial charge in [0.25, 0.3) is 0 Å². The molecule has 0 amide bonds. The summed E-state index contributed by atoms with van der Waals surface area (Å²) in [4.78, 5) is 28.5. The second-order valence-electron chi connectivity index (χ2n) is 11.0. The summed E-state index contributed by atoms with van der Waals surface area (Å²) in [7, 11) is -1.44. The van der Waals surface area contributed by atoms with Gasteiger partial charge >= 0.3 is 0 Å². The molecular formula is C29H32N6O4S. The van der Waals surface area contributed by atoms with E-state index in [4.69, 9.17) is 19.8 Å². The average Bonchev–Trinajstić information content (AvgIpc) is 3.56. The lowest BCUT2D eigenvalue weighted by Gasteiger charge is -2.48. The molecule has 1 aliphatic heterocycles. The SMILES string of the molecule is COc1ccncc1-c1cc2c(cnn2-c2cc(N3C[C@H](CS(C)(=O)=O)[C@H]3C)cc(C3CCC(=O)C3)n2)c(C)n1. The first kappa shape index (κ1) is 26.4. The largest absolute Gasteiger partial charge is 0.496 e. The molecule has 2 aliphatic rings. The number of rotatable bonds is 7. The summed E-state index contributed by atoms with van der Waals surface area (Å²) in [5, 5.41) is 5.62. The van der Waals surface area contributed by atoms with Crippen LogP contribution in [0, 0.1) is 12.8 Å². The Balaban J connectivity index is 1.45. The molecule has 0 radical (unpaired) electrons. The second kappa shape index (κ2) is 9.96. The van der Waals surface area contributed by atoms with Crippen LogP contribution >= 0.6 is 0 Å². The Kier molecular flexibility index (Phi) is 6.56. The Morgan fingerprint density at radius 2 is 1.98 bits per heavy atom. The number of pyridine rings is 3. The van der Waals surface area contributed by atoms with Gasteiger partial charge < -0.3 is 9.64 Å². The Bertz CT molecular complexity index is 1730. The van der Waals surface area contributed by atoms with Gasteiger partial charge in [-0.05, 0) is 38.5 Å². The number of Topliss-reactive ketones (excluding diaryl/α,β-unsaturated/α-hetero) is 1. The smallest absolute Gasteiger partial charge is 0.156 e. The van der Waals surface area contributed by atoms with Crippen LogP contribution in [-0.2, 0) is 14.6 Å². The van der Waals surface area contributed by atoms with Crippen LogP contribution in [0.3, 0.4) is 0 Å². The van der Waals surface area contributed by atoms with E-state index in [-0.39, 0.29) is 29.4 Å². The van der Waals surface area contributed by atoms with Gasteiger partial charge in [-0.2, -0.15) is 5.10 Å². The highest BCUT2D eigenvalue weighted by molar-refractivity contribution is 7.90. The lowest BCUT2D eigenvalue weighted by Crippen LogP contribution is -2.57. The third kappa shape index (κ3) is 4.83. The highest BCUT2D eigenvalue weighted by atomic mass is 32.2. The van der Waals surface area contributed by atoms with Crippen molar-refractivity contribution in [3.05, 3.63) is 54.2 Å². The summed E-state index contributed by atoms with van der Waals surface area (Å²) in [5.41, 5.74) is 4.98. The maximum atomic E-state index is 12.2. The van der Waals surface area contributed by atoms with Crippen molar-refractivity contribution in [3.63, 3.8) is 0 Å². The van der Waals surface area contributed by atoms with E-state index >= 15 is 0 Å². The second-order valence-corrected chi connectivity index (χ2v) is 13.2. The molecule has 5 heterocycles. The number of hydrogen-bond donors (Lipinski definition) is 0. The summed E-state index contributed by atoms with van der Waals surface area (Å²) in [6.07, 6.45) is 8.32. The van der Waals surface area contributed by atoms with Crippen molar-refractivity contribution in [3.8, 4) is 22.8 Å². The fourth-order valence-corrected chi connectivity index (χ4v) is 7.09. The first-order chi connectivity index (χ1) is 19.1. The molecule has 40 heavy (non-hydrogen) atoms. The molecule has 4 aromatic heterocycles. The zero-order chi connectivity index (χ0) is 28.2. The van der Waals surface area contributed by atoms with E-state index in [0.29, 0.717) is 31.0 Å². The minimum atomic E-state index is -3.06. The zero-order valence-corrected chi connectivity index (χ0v) is 23.9. The van der Waals surface area contributed by atoms with Gasteiger partial charge in [-0.1, -0.05) is 0 Å². The van der Waals surface area contributed by atoms with E-state index in [1.165, 1.54) is 6.26 Å². The average molecular weight is 561 g/mol. The fraction of sp³-hybridized carbons (Fsp3) is 0.414. The molecule has 0 N–H and O–H groups in total. The van der Waals surface area contributed by atoms with Crippen LogP contribution in [0.4, 0.5) is 5.69 Å². The van der Waals surface area contributed by atoms with E-state index < -0.39 is 9.84 Å². The number of nitrogens with zero attached hydrogens (tertiary/aromatic N) is 6. The number of aryl methyl sites for hydroxylation is 1. The van der Waals surface area contributed by atoms with Gasteiger partial charge in [-0.3, -0.25) is 14.8 Å². The fourth-order valence-electron chi connectivity index (χ4n) is 5.93. The van der Waals surface area contributed by atoms with E-state index in [1.54, 1.807) is 31.8 Å². The standard InChI is InChI=1S/C29H32N6O4S/c1-17-23-14-31-35(27(23)12-26(32-17)24-13-30-8-7-28(24)39-3)29-11-21(10-25(33-29)19-5-6-22(36)9-19)34-15-20(18(34)2)16-40(4,37)38/h7-8,10-14,18-20H,5-6,9,15-16H2,1-4H3/t18-,19?,20-/m1/s1. The Labute approximate surface area is 233 Å². The van der Waals surface area contributed by atoms with Gasteiger partial charge in [0.2, 0.25) is 0 Å². The summed E-state index contributed by atoms with van der Waals surface area (Å²) in [6, 6.07) is 7.90. The molecule has 0 bridgehead atoms. The summed E-state index contributed by atoms with van der Waals surface area (Å²) in [6.45, 7) is 4.66. The van der Waals surface area contributed by atoms with Gasteiger partial charge in [0.15, 0.2) is 5.82 Å². The van der Waals surface area contributed by atoms with Crippen LogP contribution in [0.5, 0.6) is 5.75 Å². The topological polar surface area (TPSA) is 120 Å². The molecule has 3 atom stereocenters. The minimum absolute atomic E-state index is 0.0510. The highest BCUT2D eigenvalue weighted by Crippen LogP contribution is 2.38. The molecular weight excluding hydrogens is 528 g/mol. The van der Waals surface area contributed by atoms with Crippen molar-refractivity contribution in [1.82, 2.24) is 24.7 Å². The maximum Gasteiger partial charge on any atom is 0.156 e. The van der Waals surface area contributed by atoms with Crippen molar-refractivity contribution < 1.29 is 17.9 Å². The quantitative estimate of drug-likeness (QED) is 0.331. The number of aromatic nitrogens is 5. The molecule has 1 aliphatic carbocycles. The number of carbonyl (C=O) groups is 1. The number of fused-ring (bicyclic) bond motifs is 1. The number of ether oxygens (including phenoxy) is 1. The van der Waals surface area contributed by atoms with Crippen LogP contribution in [-0.4, -0.2) is 70.6 Å². The lowest BCUT2D eigenvalue weighted by molar-refractivity contribution is -0.117. The normalized spacial score (nSPS) is 21.1. The summed E-state index contributed by atoms with van der Waals surface area (Å²) < 4.78 is 31.2. The highest BCUT2D eigenvalue weighted by Gasteiger charge is 2.38. The molecule has 0 aromatic carbocycles. The predicted octanol–water partition coefficient (Wildman–Crippen LogP) is 3.90. The molecule has 10 nitrogen and oxygen atoms in total. The van der Waals surface area contributed by atoms with E-state index in [2.05, 4.69) is 22.9 Å². The summed E-state index contributed by atoms with van der Waals surface area (Å²) >= 11 is 0. The van der Waals surface area contributed by atoms with Crippen molar-refractivity contribution in [2.75, 3.05) is 30.6 Å². The molecule has 1 saturated heterocycles. The van der Waals surface area contributed by atoms with E-state index in [0.717, 1.165) is 45.7 Å². The lowest BCUT2D eigenvalue weighted by atomic mass is 9.90. The van der Waals surface area contributed by atoms with Gasteiger partial charge in [0.05, 0.1) is 35.8 Å². The molecule has 1 unspecified atom stereocenters. The Morgan fingerprint density at radius 3 is 2.67 bits per heavy atom. The third-order valence-electron chi connectivity index (χ3n) is 8.19. The number of sulfone groups is 1. The van der Waals surface area contributed by atoms with Crippen molar-refractivity contribution in [1.29, 1.82) is 0 Å². The molecule has 11 heteroatoms. The van der Waals surface area contributed by atoms with Crippen LogP contribution in [0.15, 0.2) is 42.9 Å². The third-order valence-corrected chi connectivity index (χ3v) is 9.22. The van der Waals surface area contributed by atoms with Gasteiger partial charge in [0, 0.05) is 84.4 Å². The zero-order valence-electron chi connectivity index (χ0n) is 23.0. The number of methoxy groups -OCH3 is 1. The number of hydrogen-bond acceptors (Lipinski definition) is 9. The number of ketones is 1. The van der Waals surface area contributed by atoms with E-state index in [1.807, 2.05) is 23.7 Å². The van der Waals surface area contributed by atoms with Crippen LogP contribution < -0.4 is 9.64 Å². The molecule has 1 saturated carbocycles. The molecule has 0 spiro atoms. The van der Waals surface area contributed by atoms with Crippen LogP contribution in [0.1, 0.15) is 43.5 Å². The maximum absolute atomic E-state index is 12.2. The molecule has 208 valence electrons. The summed E-state index contributed by atoms with van der Waals surface area (Å²) in [5.74, 6) is 1.87. The number of anilines is 1. The van der Waals surface area contributed by atoms with E-state index in [9.17, 15) is 13.2 Å². The number of carbonyl (C=O) groups excluding carboxylic acids is 1. The van der Waals surface area contributed by atoms with Gasteiger partial charge in [-0.25, -0.2) is 18.1 Å². The molecule has 2 fully saturated rings. The first-order valence-electron chi connectivity index (χ1n) is 13.4. The van der Waals surface area contributed by atoms with Gasteiger partial charge in [-0.15, -0.1) is 0 Å².